The van der Waals surface area contributed by atoms with Crippen molar-refractivity contribution in [1.82, 2.24) is 0 Å². The highest BCUT2D eigenvalue weighted by molar-refractivity contribution is 9.10. The van der Waals surface area contributed by atoms with Crippen molar-refractivity contribution in [3.05, 3.63) is 27.7 Å². The number of hydrogen-bond acceptors (Lipinski definition) is 2. The first-order chi connectivity index (χ1) is 8.02. The van der Waals surface area contributed by atoms with E-state index in [0.717, 1.165) is 31.7 Å². The highest BCUT2D eigenvalue weighted by Gasteiger charge is 2.29. The zero-order valence-corrected chi connectivity index (χ0v) is 12.0. The summed E-state index contributed by atoms with van der Waals surface area (Å²) in [6, 6.07) is 0.264. The van der Waals surface area contributed by atoms with E-state index < -0.39 is 17.7 Å². The number of phenols is 1. The minimum Gasteiger partial charge on any atom is -0.506 e. The summed E-state index contributed by atoms with van der Waals surface area (Å²) >= 11 is 3.00. The molecule has 0 unspecified atom stereocenters. The van der Waals surface area contributed by atoms with Gasteiger partial charge in [0.15, 0.2) is 11.6 Å². The van der Waals surface area contributed by atoms with Gasteiger partial charge in [0.2, 0.25) is 0 Å². The molecule has 0 spiro atoms. The minimum atomic E-state index is -1.04. The summed E-state index contributed by atoms with van der Waals surface area (Å²) in [6.07, 6.45) is 3.90. The second-order valence-electron chi connectivity index (χ2n) is 4.49. The van der Waals surface area contributed by atoms with Crippen LogP contribution in [0, 0.1) is 17.6 Å². The van der Waals surface area contributed by atoms with Gasteiger partial charge in [-0.2, -0.15) is 0 Å². The number of hydrogen-bond donors (Lipinski definition) is 2. The predicted molar refractivity (Wildman–Crippen MR) is 71.9 cm³/mol. The van der Waals surface area contributed by atoms with Crippen LogP contribution in [0.1, 0.15) is 37.3 Å². The SMILES string of the molecule is Cl.N[C@H](c1c(O)c(Br)cc(F)c1F)C1CCCC1. The second kappa shape index (κ2) is 6.17. The summed E-state index contributed by atoms with van der Waals surface area (Å²) in [5.74, 6) is -2.20. The molecule has 0 aliphatic heterocycles. The van der Waals surface area contributed by atoms with E-state index in [1.54, 1.807) is 0 Å². The van der Waals surface area contributed by atoms with Crippen molar-refractivity contribution in [2.75, 3.05) is 0 Å². The fourth-order valence-corrected chi connectivity index (χ4v) is 2.88. The molecule has 18 heavy (non-hydrogen) atoms. The maximum atomic E-state index is 13.7. The van der Waals surface area contributed by atoms with E-state index in [1.807, 2.05) is 0 Å². The molecule has 1 atom stereocenters. The molecule has 1 aliphatic rings. The molecule has 6 heteroatoms. The molecule has 0 amide bonds. The van der Waals surface area contributed by atoms with Crippen LogP contribution in [0.5, 0.6) is 5.75 Å². The first-order valence-corrected chi connectivity index (χ1v) is 6.43. The van der Waals surface area contributed by atoms with Crippen LogP contribution in [0.25, 0.3) is 0 Å². The third-order valence-corrected chi connectivity index (χ3v) is 4.03. The molecule has 0 saturated heterocycles. The van der Waals surface area contributed by atoms with E-state index in [-0.39, 0.29) is 34.1 Å². The normalized spacial score (nSPS) is 17.6. The topological polar surface area (TPSA) is 46.2 Å². The van der Waals surface area contributed by atoms with E-state index in [4.69, 9.17) is 5.73 Å². The Balaban J connectivity index is 0.00000162. The third kappa shape index (κ3) is 2.78. The molecule has 0 heterocycles. The summed E-state index contributed by atoms with van der Waals surface area (Å²) in [5, 5.41) is 9.80. The molecule has 1 fully saturated rings. The lowest BCUT2D eigenvalue weighted by Gasteiger charge is -2.21. The number of phenolic OH excluding ortho intramolecular Hbond substituents is 1. The predicted octanol–water partition coefficient (Wildman–Crippen LogP) is 4.04. The second-order valence-corrected chi connectivity index (χ2v) is 5.34. The van der Waals surface area contributed by atoms with Gasteiger partial charge in [0.25, 0.3) is 0 Å². The van der Waals surface area contributed by atoms with E-state index in [1.165, 1.54) is 0 Å². The minimum absolute atomic E-state index is 0. The number of benzene rings is 1. The van der Waals surface area contributed by atoms with Gasteiger partial charge in [0, 0.05) is 6.04 Å². The van der Waals surface area contributed by atoms with E-state index in [2.05, 4.69) is 15.9 Å². The largest absolute Gasteiger partial charge is 0.506 e. The van der Waals surface area contributed by atoms with Crippen molar-refractivity contribution in [2.45, 2.75) is 31.7 Å². The molecule has 1 saturated carbocycles. The summed E-state index contributed by atoms with van der Waals surface area (Å²) in [7, 11) is 0. The molecule has 3 N–H and O–H groups in total. The van der Waals surface area contributed by atoms with Gasteiger partial charge in [-0.05, 0) is 40.8 Å². The Kier molecular flexibility index (Phi) is 5.37. The van der Waals surface area contributed by atoms with Crippen LogP contribution in [-0.4, -0.2) is 5.11 Å². The van der Waals surface area contributed by atoms with Crippen molar-refractivity contribution in [3.63, 3.8) is 0 Å². The van der Waals surface area contributed by atoms with Crippen molar-refractivity contribution in [1.29, 1.82) is 0 Å². The average Bonchev–Trinajstić information content (AvgIpc) is 2.80. The quantitative estimate of drug-likeness (QED) is 0.797. The molecule has 1 aliphatic carbocycles. The number of halogens is 4. The molecule has 0 radical (unpaired) electrons. The van der Waals surface area contributed by atoms with E-state index in [0.29, 0.717) is 0 Å². The smallest absolute Gasteiger partial charge is 0.167 e. The van der Waals surface area contributed by atoms with Crippen LogP contribution in [0.3, 0.4) is 0 Å². The highest BCUT2D eigenvalue weighted by atomic mass is 79.9. The fourth-order valence-electron chi connectivity index (χ4n) is 2.46. The molecule has 1 aromatic rings. The maximum Gasteiger partial charge on any atom is 0.167 e. The lowest BCUT2D eigenvalue weighted by molar-refractivity contribution is 0.382. The number of nitrogens with two attached hydrogens (primary N) is 1. The standard InChI is InChI=1S/C12H14BrF2NO.ClH/c13-7-5-8(14)10(15)9(12(7)17)11(16)6-3-1-2-4-6;/h5-6,11,17H,1-4,16H2;1H/t11-;/m0./s1. The lowest BCUT2D eigenvalue weighted by Crippen LogP contribution is -2.21. The van der Waals surface area contributed by atoms with Crippen molar-refractivity contribution in [2.24, 2.45) is 11.7 Å². The van der Waals surface area contributed by atoms with Crippen LogP contribution < -0.4 is 5.73 Å². The Morgan fingerprint density at radius 1 is 1.33 bits per heavy atom. The molecular weight excluding hydrogens is 327 g/mol. The Morgan fingerprint density at radius 3 is 2.44 bits per heavy atom. The Bertz CT molecular complexity index is 412. The molecule has 2 nitrogen and oxygen atoms in total. The molecule has 0 aromatic heterocycles. The number of rotatable bonds is 2. The molecule has 1 aromatic carbocycles. The van der Waals surface area contributed by atoms with Gasteiger partial charge in [-0.15, -0.1) is 12.4 Å². The molecular formula is C12H15BrClF2NO. The monoisotopic (exact) mass is 341 g/mol. The van der Waals surface area contributed by atoms with Gasteiger partial charge in [-0.1, -0.05) is 12.8 Å². The van der Waals surface area contributed by atoms with Crippen LogP contribution >= 0.6 is 28.3 Å². The van der Waals surface area contributed by atoms with Gasteiger partial charge in [-0.25, -0.2) is 8.78 Å². The average molecular weight is 343 g/mol. The molecule has 2 rings (SSSR count). The first-order valence-electron chi connectivity index (χ1n) is 5.64. The van der Waals surface area contributed by atoms with Gasteiger partial charge >= 0.3 is 0 Å². The maximum absolute atomic E-state index is 13.7. The van der Waals surface area contributed by atoms with Crippen molar-refractivity contribution in [3.8, 4) is 5.75 Å². The van der Waals surface area contributed by atoms with Crippen molar-refractivity contribution >= 4 is 28.3 Å². The van der Waals surface area contributed by atoms with Crippen LogP contribution in [0.4, 0.5) is 8.78 Å². The van der Waals surface area contributed by atoms with Gasteiger partial charge < -0.3 is 10.8 Å². The third-order valence-electron chi connectivity index (χ3n) is 3.42. The Labute approximate surface area is 119 Å². The Morgan fingerprint density at radius 2 is 1.89 bits per heavy atom. The van der Waals surface area contributed by atoms with E-state index >= 15 is 0 Å². The summed E-state index contributed by atoms with van der Waals surface area (Å²) in [5.41, 5.74) is 5.84. The van der Waals surface area contributed by atoms with Crippen LogP contribution in [0.15, 0.2) is 10.5 Å². The fraction of sp³-hybridized carbons (Fsp3) is 0.500. The lowest BCUT2D eigenvalue weighted by atomic mass is 9.91. The van der Waals surface area contributed by atoms with Gasteiger partial charge in [0.1, 0.15) is 5.75 Å². The summed E-state index contributed by atoms with van der Waals surface area (Å²) in [4.78, 5) is 0. The Hall–Kier alpha value is -0.390. The van der Waals surface area contributed by atoms with Crippen molar-refractivity contribution < 1.29 is 13.9 Å². The van der Waals surface area contributed by atoms with E-state index in [9.17, 15) is 13.9 Å². The molecule has 0 bridgehead atoms. The summed E-state index contributed by atoms with van der Waals surface area (Å²) < 4.78 is 27.1. The van der Waals surface area contributed by atoms with Gasteiger partial charge in [-0.3, -0.25) is 0 Å². The zero-order valence-electron chi connectivity index (χ0n) is 9.63. The first kappa shape index (κ1) is 15.7. The highest BCUT2D eigenvalue weighted by Crippen LogP contribution is 2.41. The van der Waals surface area contributed by atoms with Crippen LogP contribution in [0.2, 0.25) is 0 Å². The van der Waals surface area contributed by atoms with Crippen LogP contribution in [-0.2, 0) is 0 Å². The van der Waals surface area contributed by atoms with Gasteiger partial charge in [0.05, 0.1) is 10.0 Å². The summed E-state index contributed by atoms with van der Waals surface area (Å²) in [6.45, 7) is 0. The zero-order chi connectivity index (χ0) is 12.6. The number of aromatic hydroxyl groups is 1. The molecule has 102 valence electrons.